The summed E-state index contributed by atoms with van der Waals surface area (Å²) in [5, 5.41) is 13.9. The number of carbonyl (C=O) groups is 1. The van der Waals surface area contributed by atoms with Crippen LogP contribution in [0.25, 0.3) is 0 Å². The van der Waals surface area contributed by atoms with Gasteiger partial charge in [-0.25, -0.2) is 4.79 Å². The van der Waals surface area contributed by atoms with Crippen LogP contribution in [0.3, 0.4) is 0 Å². The van der Waals surface area contributed by atoms with Crippen LogP contribution in [0.2, 0.25) is 0 Å². The molecule has 0 aliphatic carbocycles. The Morgan fingerprint density at radius 3 is 1.50 bits per heavy atom. The first-order chi connectivity index (χ1) is 1.73. The molecule has 0 aromatic carbocycles. The van der Waals surface area contributed by atoms with Gasteiger partial charge in [0.05, 0.1) is 0 Å². The van der Waals surface area contributed by atoms with E-state index in [1.807, 2.05) is 0 Å². The van der Waals surface area contributed by atoms with Gasteiger partial charge in [0, 0.05) is 32.7 Å². The summed E-state index contributed by atoms with van der Waals surface area (Å²) < 4.78 is 0. The minimum absolute atomic E-state index is 0. The molecule has 0 saturated carbocycles. The van der Waals surface area contributed by atoms with E-state index in [2.05, 4.69) is 0 Å². The van der Waals surface area contributed by atoms with Crippen molar-refractivity contribution in [2.75, 3.05) is 0 Å². The molecular formula is CH4BaO3Y. The number of hydrogen-bond donors (Lipinski definition) is 2. The zero-order chi connectivity index (χ0) is 3.58. The van der Waals surface area contributed by atoms with Crippen LogP contribution >= 0.6 is 0 Å². The molecule has 0 rings (SSSR count). The molecule has 2 N–H and O–H groups in total. The van der Waals surface area contributed by atoms with E-state index in [0.29, 0.717) is 0 Å². The molecule has 0 fully saturated rings. The van der Waals surface area contributed by atoms with Gasteiger partial charge in [-0.15, -0.1) is 0 Å². The largest absolute Gasteiger partial charge is 2.00 e. The summed E-state index contributed by atoms with van der Waals surface area (Å²) >= 11 is 0. The van der Waals surface area contributed by atoms with E-state index in [1.54, 1.807) is 0 Å². The molecule has 0 unspecified atom stereocenters. The third-order valence-electron chi connectivity index (χ3n) is 0. The van der Waals surface area contributed by atoms with Crippen molar-refractivity contribution in [1.29, 1.82) is 0 Å². The third-order valence-corrected chi connectivity index (χ3v) is 0. The van der Waals surface area contributed by atoms with Gasteiger partial charge in [-0.1, -0.05) is 0 Å². The Bertz CT molecular complexity index is 40.3. The molecule has 5 heteroatoms. The van der Waals surface area contributed by atoms with Gasteiger partial charge in [0.1, 0.15) is 0 Å². The van der Waals surface area contributed by atoms with E-state index >= 15 is 0 Å². The minimum atomic E-state index is -1.83. The molecule has 0 aliphatic heterocycles. The maximum atomic E-state index is 8.56. The van der Waals surface area contributed by atoms with Gasteiger partial charge in [0.15, 0.2) is 0 Å². The summed E-state index contributed by atoms with van der Waals surface area (Å²) in [6, 6.07) is 0. The number of carboxylic acid groups (broad SMARTS) is 2. The molecule has 3 nitrogen and oxygen atoms in total. The van der Waals surface area contributed by atoms with Crippen LogP contribution < -0.4 is 0 Å². The van der Waals surface area contributed by atoms with Crippen molar-refractivity contribution in [3.8, 4) is 0 Å². The molecule has 0 amide bonds. The van der Waals surface area contributed by atoms with Crippen LogP contribution in [0.5, 0.6) is 0 Å². The van der Waals surface area contributed by atoms with E-state index in [0.717, 1.165) is 0 Å². The maximum Gasteiger partial charge on any atom is 2.00 e. The van der Waals surface area contributed by atoms with Gasteiger partial charge in [-0.2, -0.15) is 0 Å². The zero-order valence-corrected chi connectivity index (χ0v) is 10.4. The first kappa shape index (κ1) is 15.7. The van der Waals surface area contributed by atoms with E-state index < -0.39 is 6.16 Å². The minimum Gasteiger partial charge on any atom is -1.00 e. The molecule has 1 radical (unpaired) electrons. The molecule has 0 heterocycles. The quantitative estimate of drug-likeness (QED) is 0.621. The predicted molar refractivity (Wildman–Crippen MR) is 18.6 cm³/mol. The van der Waals surface area contributed by atoms with Crippen molar-refractivity contribution in [2.45, 2.75) is 0 Å². The molecule has 0 aromatic rings. The van der Waals surface area contributed by atoms with Crippen molar-refractivity contribution in [3.05, 3.63) is 0 Å². The van der Waals surface area contributed by atoms with Crippen LogP contribution in [0, 0.1) is 0 Å². The summed E-state index contributed by atoms with van der Waals surface area (Å²) in [4.78, 5) is 8.56. The smallest absolute Gasteiger partial charge is 1.00 e. The SMILES string of the molecule is O=C(O)O.[Ba+2].[H-].[H-].[Y]. The fourth-order valence-corrected chi connectivity index (χ4v) is 0. The normalized spacial score (nSPS) is 4.00. The standard InChI is InChI=1S/CH2O3.Ba.Y.2H/c2-1(3)4;;;;/h(H2,2,3,4);;;;/q;+2;;2*-1. The Labute approximate surface area is 103 Å². The van der Waals surface area contributed by atoms with Gasteiger partial charge in [-0.3, -0.25) is 0 Å². The zero-order valence-electron chi connectivity index (χ0n) is 5.09. The summed E-state index contributed by atoms with van der Waals surface area (Å²) in [5.74, 6) is 0. The van der Waals surface area contributed by atoms with E-state index in [9.17, 15) is 0 Å². The second-order valence-corrected chi connectivity index (χ2v) is 0.283. The van der Waals surface area contributed by atoms with Crippen molar-refractivity contribution in [2.24, 2.45) is 0 Å². The van der Waals surface area contributed by atoms with Crippen LogP contribution in [-0.4, -0.2) is 65.2 Å². The second kappa shape index (κ2) is 10.0. The summed E-state index contributed by atoms with van der Waals surface area (Å²) in [6.45, 7) is 0. The Morgan fingerprint density at radius 1 is 1.50 bits per heavy atom. The number of hydrogen-bond acceptors (Lipinski definition) is 1. The van der Waals surface area contributed by atoms with Crippen LogP contribution in [0.15, 0.2) is 0 Å². The molecule has 0 aromatic heterocycles. The Balaban J connectivity index is -0.00000000750. The predicted octanol–water partition coefficient (Wildman–Crippen LogP) is 0.0641. The Morgan fingerprint density at radius 2 is 1.50 bits per heavy atom. The fraction of sp³-hybridized carbons (Fsp3) is 0. The fourth-order valence-electron chi connectivity index (χ4n) is 0. The van der Waals surface area contributed by atoms with Gasteiger partial charge in [-0.05, 0) is 0 Å². The average molecular weight is 290 g/mol. The second-order valence-electron chi connectivity index (χ2n) is 0.283. The number of rotatable bonds is 0. The Hall–Kier alpha value is 1.95. The third kappa shape index (κ3) is 38.4. The molecule has 6 heavy (non-hydrogen) atoms. The van der Waals surface area contributed by atoms with Crippen molar-refractivity contribution < 1.29 is 50.6 Å². The maximum absolute atomic E-state index is 8.56. The van der Waals surface area contributed by atoms with Crippen molar-refractivity contribution in [1.82, 2.24) is 0 Å². The average Bonchev–Trinajstić information content (AvgIpc) is 0.811. The Kier molecular flexibility index (Phi) is 26.2. The van der Waals surface area contributed by atoms with Gasteiger partial charge < -0.3 is 13.1 Å². The molecule has 31 valence electrons. The summed E-state index contributed by atoms with van der Waals surface area (Å²) in [7, 11) is 0. The monoisotopic (exact) mass is 291 g/mol. The van der Waals surface area contributed by atoms with E-state index in [-0.39, 0.29) is 84.4 Å². The molecule has 0 spiro atoms. The summed E-state index contributed by atoms with van der Waals surface area (Å²) in [6.07, 6.45) is -1.83. The van der Waals surface area contributed by atoms with Crippen molar-refractivity contribution in [3.63, 3.8) is 0 Å². The molecule has 0 aliphatic rings. The summed E-state index contributed by atoms with van der Waals surface area (Å²) in [5.41, 5.74) is 0. The van der Waals surface area contributed by atoms with Gasteiger partial charge in [0.2, 0.25) is 0 Å². The first-order valence-electron chi connectivity index (χ1n) is 0.651. The van der Waals surface area contributed by atoms with Crippen LogP contribution in [0.1, 0.15) is 2.85 Å². The molecule has 0 saturated heterocycles. The van der Waals surface area contributed by atoms with Crippen LogP contribution in [0.4, 0.5) is 4.79 Å². The van der Waals surface area contributed by atoms with Crippen molar-refractivity contribution >= 4 is 55.0 Å². The van der Waals surface area contributed by atoms with Gasteiger partial charge in [0.25, 0.3) is 0 Å². The van der Waals surface area contributed by atoms with Crippen LogP contribution in [-0.2, 0) is 32.7 Å². The topological polar surface area (TPSA) is 57.5 Å². The molecule has 0 atom stereocenters. The van der Waals surface area contributed by atoms with E-state index in [1.165, 1.54) is 0 Å². The first-order valence-corrected chi connectivity index (χ1v) is 0.651. The van der Waals surface area contributed by atoms with E-state index in [4.69, 9.17) is 15.0 Å². The molecular weight excluding hydrogens is 286 g/mol. The van der Waals surface area contributed by atoms with Gasteiger partial charge >= 0.3 is 55.0 Å². The molecule has 0 bridgehead atoms.